The smallest absolute Gasteiger partial charge is 0.329 e. The van der Waals surface area contributed by atoms with Gasteiger partial charge in [-0.3, -0.25) is 14.4 Å². The van der Waals surface area contributed by atoms with E-state index in [1.807, 2.05) is 65.0 Å². The van der Waals surface area contributed by atoms with Crippen LogP contribution in [0.5, 0.6) is 0 Å². The number of cyclic esters (lactones) is 1. The molecule has 1 unspecified atom stereocenters. The maximum absolute atomic E-state index is 14.2. The number of piperidine rings is 1. The van der Waals surface area contributed by atoms with Gasteiger partial charge in [0, 0.05) is 31.2 Å². The average molecular weight is 840 g/mol. The molecule has 1 saturated carbocycles. The third-order valence-electron chi connectivity index (χ3n) is 14.0. The standard InChI is InChI=1S/C50H81NO9/c1-32-15-11-10-12-16-34(3)43(53)26-33(2)18-19-39(8)50(9,59)31-48(57)51-24-14-13-17-42(51)49(58)60-47(38(7)28-40-20-22-41(52)23-21-40)30-46(56)37(6)27-36(5)45(55)29-44(54)35(4)25-32/h10-12,15-16,27,32-33,35,37-43,45,47,52-53,55,59H,13-14,17-26,28-31H2,1-9H3/b12-10+,15-11+,34-16+,36-27+/t32-,33+,35-,37-,38-,39-,40?,41?,42?,43+,45+,47+,50-/m1/s1. The van der Waals surface area contributed by atoms with Gasteiger partial charge in [-0.1, -0.05) is 84.4 Å². The highest BCUT2D eigenvalue weighted by molar-refractivity contribution is 5.86. The minimum atomic E-state index is -1.32. The molecule has 1 amide bonds. The van der Waals surface area contributed by atoms with Crippen molar-refractivity contribution < 1.29 is 44.3 Å². The molecule has 10 heteroatoms. The zero-order valence-electron chi connectivity index (χ0n) is 38.5. The number of Topliss-reactive ketones (excluding diaryl/α,β-unsaturated/α-hetero) is 2. The van der Waals surface area contributed by atoms with E-state index in [-0.39, 0.29) is 72.4 Å². The van der Waals surface area contributed by atoms with E-state index < -0.39 is 41.8 Å². The number of aliphatic hydroxyl groups excluding tert-OH is 3. The molecule has 2 fully saturated rings. The summed E-state index contributed by atoms with van der Waals surface area (Å²) in [6, 6.07) is -0.822. The van der Waals surface area contributed by atoms with Gasteiger partial charge in [0.05, 0.1) is 30.3 Å². The Balaban J connectivity index is 1.89. The second-order valence-electron chi connectivity index (χ2n) is 19.7. The van der Waals surface area contributed by atoms with Crippen LogP contribution in [0.2, 0.25) is 0 Å². The van der Waals surface area contributed by atoms with Gasteiger partial charge in [0.15, 0.2) is 0 Å². The Morgan fingerprint density at radius 1 is 0.800 bits per heavy atom. The highest BCUT2D eigenvalue weighted by Crippen LogP contribution is 2.34. The maximum atomic E-state index is 14.2. The van der Waals surface area contributed by atoms with Crippen LogP contribution < -0.4 is 0 Å². The minimum absolute atomic E-state index is 0.0299. The molecule has 2 heterocycles. The monoisotopic (exact) mass is 840 g/mol. The van der Waals surface area contributed by atoms with Crippen LogP contribution in [0.25, 0.3) is 0 Å². The van der Waals surface area contributed by atoms with E-state index in [0.717, 1.165) is 56.9 Å². The van der Waals surface area contributed by atoms with Crippen molar-refractivity contribution >= 4 is 23.4 Å². The van der Waals surface area contributed by atoms with Crippen LogP contribution in [0, 0.1) is 41.4 Å². The SMILES string of the molecule is C/C1=C\[C@@H](C)C(=O)C[C@@H]([C@H](C)CC2CCC(O)CC2)OC(=O)C2CCCCN2C(=O)C[C@@](C)(O)[C@H](C)CC[C@H](C)C[C@H](O)/C(C)=C/C=C/C=C/[C@@H](C)C[C@@H](C)C(=O)C[C@@H]1O. The molecule has 1 aliphatic carbocycles. The fraction of sp³-hybridized carbons (Fsp3) is 0.760. The number of aliphatic hydroxyl groups is 4. The lowest BCUT2D eigenvalue weighted by Crippen LogP contribution is -2.52. The molecule has 10 nitrogen and oxygen atoms in total. The lowest BCUT2D eigenvalue weighted by Gasteiger charge is -2.38. The second kappa shape index (κ2) is 24.6. The van der Waals surface area contributed by atoms with Crippen molar-refractivity contribution in [2.75, 3.05) is 6.54 Å². The van der Waals surface area contributed by atoms with E-state index in [1.165, 1.54) is 0 Å². The van der Waals surface area contributed by atoms with E-state index >= 15 is 0 Å². The molecule has 11 atom stereocenters. The highest BCUT2D eigenvalue weighted by atomic mass is 16.5. The number of ether oxygens (including phenoxy) is 1. The predicted octanol–water partition coefficient (Wildman–Crippen LogP) is 8.40. The summed E-state index contributed by atoms with van der Waals surface area (Å²) in [5.41, 5.74) is 0.0722. The number of rotatable bonds is 3. The lowest BCUT2D eigenvalue weighted by molar-refractivity contribution is -0.166. The molecule has 1 saturated heterocycles. The van der Waals surface area contributed by atoms with Gasteiger partial charge < -0.3 is 30.1 Å². The van der Waals surface area contributed by atoms with Crippen LogP contribution in [0.1, 0.15) is 159 Å². The summed E-state index contributed by atoms with van der Waals surface area (Å²) in [4.78, 5) is 56.8. The van der Waals surface area contributed by atoms with Gasteiger partial charge in [0.25, 0.3) is 0 Å². The van der Waals surface area contributed by atoms with Gasteiger partial charge in [-0.2, -0.15) is 0 Å². The summed E-state index contributed by atoms with van der Waals surface area (Å²) in [6.07, 6.45) is 16.9. The molecule has 0 bridgehead atoms. The first-order chi connectivity index (χ1) is 28.2. The molecule has 3 rings (SSSR count). The fourth-order valence-electron chi connectivity index (χ4n) is 9.17. The van der Waals surface area contributed by atoms with Gasteiger partial charge in [-0.05, 0) is 132 Å². The topological polar surface area (TPSA) is 162 Å². The highest BCUT2D eigenvalue weighted by Gasteiger charge is 2.40. The molecular weight excluding hydrogens is 759 g/mol. The van der Waals surface area contributed by atoms with E-state index in [0.29, 0.717) is 43.7 Å². The van der Waals surface area contributed by atoms with Crippen LogP contribution in [0.3, 0.4) is 0 Å². The number of allylic oxidation sites excluding steroid dienone is 6. The molecule has 0 aromatic rings. The number of carbonyl (C=O) groups excluding carboxylic acids is 4. The molecule has 0 aromatic carbocycles. The normalized spacial score (nSPS) is 39.8. The Morgan fingerprint density at radius 2 is 1.48 bits per heavy atom. The zero-order chi connectivity index (χ0) is 44.7. The Labute approximate surface area is 362 Å². The quantitative estimate of drug-likeness (QED) is 0.162. The van der Waals surface area contributed by atoms with Crippen molar-refractivity contribution in [1.29, 1.82) is 0 Å². The number of hydrogen-bond acceptors (Lipinski definition) is 9. The molecular formula is C50H81NO9. The molecule has 0 aromatic heterocycles. The second-order valence-corrected chi connectivity index (χ2v) is 19.7. The van der Waals surface area contributed by atoms with Crippen molar-refractivity contribution in [3.8, 4) is 0 Å². The van der Waals surface area contributed by atoms with Crippen molar-refractivity contribution in [1.82, 2.24) is 4.90 Å². The van der Waals surface area contributed by atoms with Crippen LogP contribution in [-0.4, -0.2) is 91.4 Å². The van der Waals surface area contributed by atoms with Gasteiger partial charge in [0.1, 0.15) is 23.7 Å². The predicted molar refractivity (Wildman–Crippen MR) is 238 cm³/mol. The Morgan fingerprint density at radius 3 is 2.17 bits per heavy atom. The zero-order valence-corrected chi connectivity index (χ0v) is 38.5. The first-order valence-electron chi connectivity index (χ1n) is 23.2. The molecule has 340 valence electrons. The molecule has 0 spiro atoms. The summed E-state index contributed by atoms with van der Waals surface area (Å²) in [5.74, 6) is -1.65. The van der Waals surface area contributed by atoms with Gasteiger partial charge in [-0.15, -0.1) is 0 Å². The third kappa shape index (κ3) is 16.7. The van der Waals surface area contributed by atoms with E-state index in [9.17, 15) is 39.6 Å². The van der Waals surface area contributed by atoms with Crippen molar-refractivity contribution in [3.05, 3.63) is 47.6 Å². The Bertz CT molecular complexity index is 1520. The van der Waals surface area contributed by atoms with Crippen molar-refractivity contribution in [2.45, 2.75) is 195 Å². The molecule has 3 aliphatic rings. The largest absolute Gasteiger partial charge is 0.460 e. The Kier molecular flexibility index (Phi) is 21.1. The van der Waals surface area contributed by atoms with Crippen molar-refractivity contribution in [3.63, 3.8) is 0 Å². The van der Waals surface area contributed by atoms with Crippen LogP contribution in [0.15, 0.2) is 47.6 Å². The number of fused-ring (bicyclic) bond motifs is 1. The molecule has 0 radical (unpaired) electrons. The van der Waals surface area contributed by atoms with E-state index in [2.05, 4.69) is 6.92 Å². The number of esters is 1. The van der Waals surface area contributed by atoms with E-state index in [4.69, 9.17) is 4.74 Å². The number of ketones is 2. The van der Waals surface area contributed by atoms with Crippen LogP contribution in [-0.2, 0) is 23.9 Å². The third-order valence-corrected chi connectivity index (χ3v) is 14.0. The summed E-state index contributed by atoms with van der Waals surface area (Å²) >= 11 is 0. The fourth-order valence-corrected chi connectivity index (χ4v) is 9.17. The first kappa shape index (κ1) is 51.4. The summed E-state index contributed by atoms with van der Waals surface area (Å²) < 4.78 is 6.29. The van der Waals surface area contributed by atoms with Gasteiger partial charge in [-0.25, -0.2) is 4.79 Å². The van der Waals surface area contributed by atoms with Crippen LogP contribution in [0.4, 0.5) is 0 Å². The number of nitrogens with zero attached hydrogens (tertiary/aromatic N) is 1. The summed E-state index contributed by atoms with van der Waals surface area (Å²) in [7, 11) is 0. The van der Waals surface area contributed by atoms with Gasteiger partial charge >= 0.3 is 5.97 Å². The maximum Gasteiger partial charge on any atom is 0.329 e. The average Bonchev–Trinajstić information content (AvgIpc) is 3.19. The number of carbonyl (C=O) groups is 4. The minimum Gasteiger partial charge on any atom is -0.460 e. The number of amides is 1. The number of hydrogen-bond donors (Lipinski definition) is 4. The molecule has 2 aliphatic heterocycles. The van der Waals surface area contributed by atoms with E-state index in [1.54, 1.807) is 31.7 Å². The lowest BCUT2D eigenvalue weighted by atomic mass is 9.79. The van der Waals surface area contributed by atoms with Gasteiger partial charge in [0.2, 0.25) is 5.91 Å². The van der Waals surface area contributed by atoms with Crippen molar-refractivity contribution in [2.24, 2.45) is 41.4 Å². The summed E-state index contributed by atoms with van der Waals surface area (Å²) in [5, 5.41) is 43.7. The first-order valence-corrected chi connectivity index (χ1v) is 23.2. The molecule has 60 heavy (non-hydrogen) atoms. The van der Waals surface area contributed by atoms with Crippen LogP contribution >= 0.6 is 0 Å². The summed E-state index contributed by atoms with van der Waals surface area (Å²) in [6.45, 7) is 17.4. The Hall–Kier alpha value is -2.92. The molecule has 4 N–H and O–H groups in total.